The first-order valence-corrected chi connectivity index (χ1v) is 8.58. The SMILES string of the molecule is CCOCCCC(=O)CCCC(=O)CCCC(=O)CCC[C]=O. The van der Waals surface area contributed by atoms with E-state index in [0.717, 1.165) is 6.42 Å². The predicted octanol–water partition coefficient (Wildman–Crippen LogP) is 3.13. The van der Waals surface area contributed by atoms with Gasteiger partial charge in [-0.15, -0.1) is 0 Å². The fourth-order valence-electron chi connectivity index (χ4n) is 2.21. The molecule has 131 valence electrons. The highest BCUT2D eigenvalue weighted by Crippen LogP contribution is 2.08. The molecule has 0 heterocycles. The van der Waals surface area contributed by atoms with Gasteiger partial charge < -0.3 is 4.74 Å². The summed E-state index contributed by atoms with van der Waals surface area (Å²) in [5.41, 5.74) is 0. The monoisotopic (exact) mass is 325 g/mol. The van der Waals surface area contributed by atoms with Gasteiger partial charge in [0.05, 0.1) is 0 Å². The van der Waals surface area contributed by atoms with E-state index in [1.807, 2.05) is 6.92 Å². The van der Waals surface area contributed by atoms with Crippen molar-refractivity contribution >= 4 is 23.6 Å². The number of Topliss-reactive ketones (excluding diaryl/α,β-unsaturated/α-hetero) is 3. The lowest BCUT2D eigenvalue weighted by Crippen LogP contribution is -2.05. The van der Waals surface area contributed by atoms with E-state index in [9.17, 15) is 19.2 Å². The Bertz CT molecular complexity index is 362. The van der Waals surface area contributed by atoms with E-state index in [4.69, 9.17) is 4.74 Å². The highest BCUT2D eigenvalue weighted by molar-refractivity contribution is 5.82. The fourth-order valence-corrected chi connectivity index (χ4v) is 2.21. The average Bonchev–Trinajstić information content (AvgIpc) is 2.52. The molecule has 1 radical (unpaired) electrons. The molecular formula is C18H29O5. The molecular weight excluding hydrogens is 296 g/mol. The van der Waals surface area contributed by atoms with Gasteiger partial charge in [0.25, 0.3) is 0 Å². The number of carbonyl (C=O) groups is 3. The molecule has 0 amide bonds. The number of carbonyl (C=O) groups excluding carboxylic acids is 4. The van der Waals surface area contributed by atoms with Crippen LogP contribution in [-0.4, -0.2) is 36.8 Å². The summed E-state index contributed by atoms with van der Waals surface area (Å²) in [6.45, 7) is 3.20. The Morgan fingerprint density at radius 1 is 0.739 bits per heavy atom. The molecule has 0 saturated heterocycles. The van der Waals surface area contributed by atoms with Gasteiger partial charge in [0.1, 0.15) is 17.3 Å². The minimum atomic E-state index is 0.0949. The van der Waals surface area contributed by atoms with Gasteiger partial charge in [-0.1, -0.05) is 0 Å². The fraction of sp³-hybridized carbons (Fsp3) is 0.778. The van der Waals surface area contributed by atoms with Crippen molar-refractivity contribution in [1.82, 2.24) is 0 Å². The van der Waals surface area contributed by atoms with Gasteiger partial charge in [0.2, 0.25) is 0 Å². The summed E-state index contributed by atoms with van der Waals surface area (Å²) in [4.78, 5) is 44.7. The molecule has 0 saturated carbocycles. The van der Waals surface area contributed by atoms with Crippen LogP contribution in [0.5, 0.6) is 0 Å². The van der Waals surface area contributed by atoms with E-state index in [0.29, 0.717) is 77.4 Å². The Balaban J connectivity index is 3.51. The van der Waals surface area contributed by atoms with Crippen molar-refractivity contribution in [2.45, 2.75) is 77.6 Å². The molecule has 0 bridgehead atoms. The first-order valence-electron chi connectivity index (χ1n) is 8.58. The van der Waals surface area contributed by atoms with Gasteiger partial charge in [-0.25, -0.2) is 0 Å². The highest BCUT2D eigenvalue weighted by Gasteiger charge is 2.07. The van der Waals surface area contributed by atoms with Crippen molar-refractivity contribution in [3.63, 3.8) is 0 Å². The predicted molar refractivity (Wildman–Crippen MR) is 88.0 cm³/mol. The summed E-state index contributed by atoms with van der Waals surface area (Å²) >= 11 is 0. The number of rotatable bonds is 17. The number of ketones is 3. The van der Waals surface area contributed by atoms with Crippen LogP contribution in [0, 0.1) is 0 Å². The third-order valence-corrected chi connectivity index (χ3v) is 3.51. The minimum absolute atomic E-state index is 0.0949. The Kier molecular flexibility index (Phi) is 14.6. The third-order valence-electron chi connectivity index (χ3n) is 3.51. The molecule has 0 fully saturated rings. The van der Waals surface area contributed by atoms with E-state index in [2.05, 4.69) is 0 Å². The zero-order valence-electron chi connectivity index (χ0n) is 14.2. The minimum Gasteiger partial charge on any atom is -0.382 e. The van der Waals surface area contributed by atoms with E-state index in [1.165, 1.54) is 0 Å². The second kappa shape index (κ2) is 15.5. The number of hydrogen-bond acceptors (Lipinski definition) is 5. The lowest BCUT2D eigenvalue weighted by atomic mass is 10.0. The molecule has 0 atom stereocenters. The van der Waals surface area contributed by atoms with Crippen molar-refractivity contribution in [2.24, 2.45) is 0 Å². The second-order valence-corrected chi connectivity index (χ2v) is 5.62. The molecule has 0 aromatic heterocycles. The quantitative estimate of drug-likeness (QED) is 0.384. The van der Waals surface area contributed by atoms with Crippen LogP contribution >= 0.6 is 0 Å². The summed E-state index contributed by atoms with van der Waals surface area (Å²) in [5, 5.41) is 0. The van der Waals surface area contributed by atoms with Crippen molar-refractivity contribution in [3.8, 4) is 0 Å². The topological polar surface area (TPSA) is 77.5 Å². The van der Waals surface area contributed by atoms with Crippen LogP contribution in [0.15, 0.2) is 0 Å². The average molecular weight is 325 g/mol. The van der Waals surface area contributed by atoms with Gasteiger partial charge in [-0.3, -0.25) is 19.2 Å². The van der Waals surface area contributed by atoms with E-state index < -0.39 is 0 Å². The molecule has 0 N–H and O–H groups in total. The molecule has 0 aromatic carbocycles. The van der Waals surface area contributed by atoms with Gasteiger partial charge in [0, 0.05) is 58.2 Å². The van der Waals surface area contributed by atoms with Crippen LogP contribution in [0.25, 0.3) is 0 Å². The Hall–Kier alpha value is -1.36. The largest absolute Gasteiger partial charge is 0.382 e. The van der Waals surface area contributed by atoms with Crippen LogP contribution in [0.1, 0.15) is 77.6 Å². The summed E-state index contributed by atoms with van der Waals surface area (Å²) < 4.78 is 5.17. The summed E-state index contributed by atoms with van der Waals surface area (Å²) in [7, 11) is 0. The van der Waals surface area contributed by atoms with Crippen LogP contribution in [0.4, 0.5) is 0 Å². The molecule has 5 nitrogen and oxygen atoms in total. The van der Waals surface area contributed by atoms with Crippen molar-refractivity contribution in [1.29, 1.82) is 0 Å². The maximum Gasteiger partial charge on any atom is 0.198 e. The van der Waals surface area contributed by atoms with Crippen molar-refractivity contribution < 1.29 is 23.9 Å². The summed E-state index contributed by atoms with van der Waals surface area (Å²) in [5.74, 6) is 0.387. The molecule has 0 rings (SSSR count). The number of hydrogen-bond donors (Lipinski definition) is 0. The van der Waals surface area contributed by atoms with E-state index >= 15 is 0 Å². The van der Waals surface area contributed by atoms with Gasteiger partial charge in [-0.2, -0.15) is 0 Å². The molecule has 0 aromatic rings. The maximum atomic E-state index is 11.7. The molecule has 0 aliphatic carbocycles. The number of unbranched alkanes of at least 4 members (excludes halogenated alkanes) is 1. The lowest BCUT2D eigenvalue weighted by Gasteiger charge is -2.03. The molecule has 0 aliphatic rings. The molecule has 23 heavy (non-hydrogen) atoms. The molecule has 0 aliphatic heterocycles. The van der Waals surface area contributed by atoms with E-state index in [1.54, 1.807) is 6.29 Å². The summed E-state index contributed by atoms with van der Waals surface area (Å²) in [6.07, 6.45) is 7.03. The zero-order chi connectivity index (χ0) is 17.3. The summed E-state index contributed by atoms with van der Waals surface area (Å²) in [6, 6.07) is 0. The highest BCUT2D eigenvalue weighted by atomic mass is 16.5. The van der Waals surface area contributed by atoms with Gasteiger partial charge in [-0.05, 0) is 32.6 Å². The molecule has 0 unspecified atom stereocenters. The van der Waals surface area contributed by atoms with Gasteiger partial charge >= 0.3 is 0 Å². The van der Waals surface area contributed by atoms with Crippen molar-refractivity contribution in [3.05, 3.63) is 0 Å². The Morgan fingerprint density at radius 3 is 1.61 bits per heavy atom. The third kappa shape index (κ3) is 15.3. The normalized spacial score (nSPS) is 10.5. The van der Waals surface area contributed by atoms with E-state index in [-0.39, 0.29) is 17.3 Å². The number of ether oxygens (including phenoxy) is 1. The Labute approximate surface area is 139 Å². The Morgan fingerprint density at radius 2 is 1.17 bits per heavy atom. The van der Waals surface area contributed by atoms with Crippen LogP contribution in [0.2, 0.25) is 0 Å². The van der Waals surface area contributed by atoms with Crippen LogP contribution in [0.3, 0.4) is 0 Å². The molecule has 0 spiro atoms. The van der Waals surface area contributed by atoms with Crippen LogP contribution in [-0.2, 0) is 23.9 Å². The smallest absolute Gasteiger partial charge is 0.198 e. The maximum absolute atomic E-state index is 11.7. The van der Waals surface area contributed by atoms with Gasteiger partial charge in [0.15, 0.2) is 6.29 Å². The first kappa shape index (κ1) is 21.6. The molecule has 5 heteroatoms. The zero-order valence-corrected chi connectivity index (χ0v) is 14.2. The second-order valence-electron chi connectivity index (χ2n) is 5.62. The van der Waals surface area contributed by atoms with Crippen molar-refractivity contribution in [2.75, 3.05) is 13.2 Å². The standard InChI is InChI=1S/C18H29O5/c1-2-23-15-7-13-18(22)12-6-11-17(21)10-5-9-16(20)8-3-4-14-19/h2-13,15H2,1H3. The van der Waals surface area contributed by atoms with Crippen LogP contribution < -0.4 is 0 Å². The first-order chi connectivity index (χ1) is 11.1. The lowest BCUT2D eigenvalue weighted by molar-refractivity contribution is -0.120.